The topological polar surface area (TPSA) is 89.0 Å². The number of carbonyl (C=O) groups excluding carboxylic acids is 2. The second-order valence-electron chi connectivity index (χ2n) is 8.21. The Kier molecular flexibility index (Phi) is 7.30. The lowest BCUT2D eigenvalue weighted by Crippen LogP contribution is -2.31. The number of hydrogen-bond acceptors (Lipinski definition) is 6. The Balaban J connectivity index is 2.11. The van der Waals surface area contributed by atoms with Gasteiger partial charge in [0.1, 0.15) is 11.5 Å². The number of nitrogens with zero attached hydrogens (tertiary/aromatic N) is 2. The van der Waals surface area contributed by atoms with Gasteiger partial charge in [0.05, 0.1) is 30.4 Å². The fourth-order valence-electron chi connectivity index (χ4n) is 4.10. The average molecular weight is 439 g/mol. The maximum Gasteiger partial charge on any atom is 0.295 e. The summed E-state index contributed by atoms with van der Waals surface area (Å²) in [5, 5.41) is 11.3. The molecule has 32 heavy (non-hydrogen) atoms. The van der Waals surface area contributed by atoms with E-state index < -0.39 is 17.7 Å². The lowest BCUT2D eigenvalue weighted by atomic mass is 9.94. The van der Waals surface area contributed by atoms with Gasteiger partial charge < -0.3 is 19.5 Å². The van der Waals surface area contributed by atoms with E-state index in [1.807, 2.05) is 33.8 Å². The molecule has 7 heteroatoms. The zero-order valence-corrected chi connectivity index (χ0v) is 19.2. The molecule has 1 aromatic heterocycles. The van der Waals surface area contributed by atoms with Gasteiger partial charge >= 0.3 is 0 Å². The third-order valence-corrected chi connectivity index (χ3v) is 5.41. The minimum absolute atomic E-state index is 0.0380. The molecular weight excluding hydrogens is 408 g/mol. The molecule has 0 bridgehead atoms. The van der Waals surface area contributed by atoms with Gasteiger partial charge in [0.2, 0.25) is 0 Å². The van der Waals surface area contributed by atoms with Crippen molar-refractivity contribution in [1.29, 1.82) is 0 Å². The SMILES string of the molecule is COc1c(C)cc(C)cc1/C(O)=C1\C(=O)C(=O)N(CCCOC(C)C)C1c1cccnc1. The smallest absolute Gasteiger partial charge is 0.295 e. The minimum Gasteiger partial charge on any atom is -0.507 e. The first kappa shape index (κ1) is 23.5. The second-order valence-corrected chi connectivity index (χ2v) is 8.21. The monoisotopic (exact) mass is 438 g/mol. The van der Waals surface area contributed by atoms with Gasteiger partial charge in [-0.2, -0.15) is 0 Å². The van der Waals surface area contributed by atoms with Crippen LogP contribution in [0, 0.1) is 13.8 Å². The Hall–Kier alpha value is -3.19. The number of pyridine rings is 1. The van der Waals surface area contributed by atoms with Crippen LogP contribution < -0.4 is 4.74 Å². The highest BCUT2D eigenvalue weighted by atomic mass is 16.5. The molecule has 1 unspecified atom stereocenters. The summed E-state index contributed by atoms with van der Waals surface area (Å²) in [6.45, 7) is 8.44. The molecule has 2 aromatic rings. The quantitative estimate of drug-likeness (QED) is 0.291. The van der Waals surface area contributed by atoms with Crippen molar-refractivity contribution in [3.63, 3.8) is 0 Å². The summed E-state index contributed by atoms with van der Waals surface area (Å²) < 4.78 is 11.1. The second kappa shape index (κ2) is 9.96. The Bertz CT molecular complexity index is 1030. The van der Waals surface area contributed by atoms with Crippen LogP contribution in [0.15, 0.2) is 42.2 Å². The van der Waals surface area contributed by atoms with Crippen molar-refractivity contribution >= 4 is 17.4 Å². The molecule has 1 atom stereocenters. The number of hydrogen-bond donors (Lipinski definition) is 1. The highest BCUT2D eigenvalue weighted by molar-refractivity contribution is 6.46. The molecule has 3 rings (SSSR count). The first-order valence-corrected chi connectivity index (χ1v) is 10.7. The van der Waals surface area contributed by atoms with E-state index in [-0.39, 0.29) is 17.4 Å². The van der Waals surface area contributed by atoms with Crippen LogP contribution in [-0.4, -0.2) is 53.0 Å². The number of amides is 1. The molecule has 1 aliphatic heterocycles. The van der Waals surface area contributed by atoms with Gasteiger partial charge in [-0.25, -0.2) is 0 Å². The number of methoxy groups -OCH3 is 1. The van der Waals surface area contributed by atoms with E-state index >= 15 is 0 Å². The summed E-state index contributed by atoms with van der Waals surface area (Å²) in [5.74, 6) is -1.15. The molecule has 1 N–H and O–H groups in total. The molecule has 1 aromatic carbocycles. The summed E-state index contributed by atoms with van der Waals surface area (Å²) in [6.07, 6.45) is 3.88. The first-order chi connectivity index (χ1) is 15.3. The molecule has 170 valence electrons. The standard InChI is InChI=1S/C25H30N2O5/c1-15(2)32-11-7-10-27-21(18-8-6-9-26-14-18)20(23(29)25(27)30)22(28)19-13-16(3)12-17(4)24(19)31-5/h6,8-9,12-15,21,28H,7,10-11H2,1-5H3/b22-20+. The first-order valence-electron chi connectivity index (χ1n) is 10.7. The zero-order chi connectivity index (χ0) is 23.4. The third kappa shape index (κ3) is 4.67. The number of aliphatic hydroxyl groups excluding tert-OH is 1. The van der Waals surface area contributed by atoms with Gasteiger partial charge in [0.25, 0.3) is 11.7 Å². The molecule has 2 heterocycles. The number of likely N-dealkylation sites (tertiary alicyclic amines) is 1. The summed E-state index contributed by atoms with van der Waals surface area (Å²) in [7, 11) is 1.51. The van der Waals surface area contributed by atoms with E-state index in [0.717, 1.165) is 11.1 Å². The highest BCUT2D eigenvalue weighted by Crippen LogP contribution is 2.41. The van der Waals surface area contributed by atoms with E-state index in [4.69, 9.17) is 9.47 Å². The van der Waals surface area contributed by atoms with Crippen LogP contribution in [-0.2, 0) is 14.3 Å². The Morgan fingerprint density at radius 3 is 2.62 bits per heavy atom. The number of Topliss-reactive ketones (excluding diaryl/α,β-unsaturated/α-hetero) is 1. The maximum atomic E-state index is 13.1. The molecule has 0 aliphatic carbocycles. The van der Waals surface area contributed by atoms with E-state index in [2.05, 4.69) is 4.98 Å². The molecule has 1 saturated heterocycles. The van der Waals surface area contributed by atoms with Crippen molar-refractivity contribution in [2.45, 2.75) is 46.3 Å². The molecule has 0 saturated carbocycles. The summed E-state index contributed by atoms with van der Waals surface area (Å²) in [4.78, 5) is 31.8. The Labute approximate surface area is 188 Å². The van der Waals surface area contributed by atoms with Gasteiger partial charge in [-0.05, 0) is 62.9 Å². The number of benzene rings is 1. The molecule has 7 nitrogen and oxygen atoms in total. The van der Waals surface area contributed by atoms with Gasteiger partial charge in [0, 0.05) is 25.5 Å². The zero-order valence-electron chi connectivity index (χ0n) is 19.2. The van der Waals surface area contributed by atoms with E-state index in [1.54, 1.807) is 30.6 Å². The fourth-order valence-corrected chi connectivity index (χ4v) is 4.10. The molecule has 1 amide bonds. The summed E-state index contributed by atoms with van der Waals surface area (Å²) in [5.41, 5.74) is 2.81. The van der Waals surface area contributed by atoms with Crippen LogP contribution in [0.25, 0.3) is 5.76 Å². The van der Waals surface area contributed by atoms with Crippen LogP contribution in [0.4, 0.5) is 0 Å². The van der Waals surface area contributed by atoms with Gasteiger partial charge in [-0.15, -0.1) is 0 Å². The largest absolute Gasteiger partial charge is 0.507 e. The van der Waals surface area contributed by atoms with Crippen LogP contribution in [0.1, 0.15) is 48.6 Å². The molecule has 1 aliphatic rings. The number of aromatic nitrogens is 1. The molecular formula is C25H30N2O5. The Morgan fingerprint density at radius 2 is 2.00 bits per heavy atom. The van der Waals surface area contributed by atoms with Gasteiger partial charge in [-0.3, -0.25) is 14.6 Å². The van der Waals surface area contributed by atoms with E-state index in [0.29, 0.717) is 36.4 Å². The highest BCUT2D eigenvalue weighted by Gasteiger charge is 2.46. The Morgan fingerprint density at radius 1 is 1.25 bits per heavy atom. The number of carbonyl (C=O) groups is 2. The summed E-state index contributed by atoms with van der Waals surface area (Å²) >= 11 is 0. The number of ketones is 1. The maximum absolute atomic E-state index is 13.1. The number of aryl methyl sites for hydroxylation is 2. The fraction of sp³-hybridized carbons (Fsp3) is 0.400. The van der Waals surface area contributed by atoms with E-state index in [9.17, 15) is 14.7 Å². The average Bonchev–Trinajstić information content (AvgIpc) is 3.01. The van der Waals surface area contributed by atoms with Crippen molar-refractivity contribution in [2.24, 2.45) is 0 Å². The van der Waals surface area contributed by atoms with Crippen LogP contribution in [0.5, 0.6) is 5.75 Å². The number of rotatable bonds is 8. The minimum atomic E-state index is -0.742. The summed E-state index contributed by atoms with van der Waals surface area (Å²) in [6, 6.07) is 6.49. The lowest BCUT2D eigenvalue weighted by molar-refractivity contribution is -0.140. The van der Waals surface area contributed by atoms with Gasteiger partial charge in [0.15, 0.2) is 0 Å². The van der Waals surface area contributed by atoms with Crippen LogP contribution in [0.3, 0.4) is 0 Å². The predicted octanol–water partition coefficient (Wildman–Crippen LogP) is 3.94. The van der Waals surface area contributed by atoms with Crippen molar-refractivity contribution < 1.29 is 24.2 Å². The normalized spacial score (nSPS) is 17.9. The third-order valence-electron chi connectivity index (χ3n) is 5.41. The van der Waals surface area contributed by atoms with Gasteiger partial charge in [-0.1, -0.05) is 12.1 Å². The molecule has 0 radical (unpaired) electrons. The predicted molar refractivity (Wildman–Crippen MR) is 121 cm³/mol. The lowest BCUT2D eigenvalue weighted by Gasteiger charge is -2.25. The number of aliphatic hydroxyl groups is 1. The van der Waals surface area contributed by atoms with Crippen molar-refractivity contribution in [3.05, 3.63) is 64.5 Å². The van der Waals surface area contributed by atoms with Crippen molar-refractivity contribution in [1.82, 2.24) is 9.88 Å². The van der Waals surface area contributed by atoms with Crippen molar-refractivity contribution in [3.8, 4) is 5.75 Å². The van der Waals surface area contributed by atoms with Crippen LogP contribution >= 0.6 is 0 Å². The molecule has 1 fully saturated rings. The van der Waals surface area contributed by atoms with Crippen molar-refractivity contribution in [2.75, 3.05) is 20.3 Å². The molecule has 0 spiro atoms. The van der Waals surface area contributed by atoms with E-state index in [1.165, 1.54) is 12.0 Å². The number of ether oxygens (including phenoxy) is 2. The van der Waals surface area contributed by atoms with Crippen LogP contribution in [0.2, 0.25) is 0 Å².